The van der Waals surface area contributed by atoms with Gasteiger partial charge < -0.3 is 11.1 Å². The predicted molar refractivity (Wildman–Crippen MR) is 81.5 cm³/mol. The van der Waals surface area contributed by atoms with Gasteiger partial charge in [0.2, 0.25) is 0 Å². The summed E-state index contributed by atoms with van der Waals surface area (Å²) in [7, 11) is 0. The average molecular weight is 267 g/mol. The maximum absolute atomic E-state index is 6.02. The van der Waals surface area contributed by atoms with Crippen LogP contribution in [0.1, 0.15) is 24.2 Å². The van der Waals surface area contributed by atoms with Crippen LogP contribution in [0.3, 0.4) is 0 Å². The maximum atomic E-state index is 6.02. The van der Waals surface area contributed by atoms with Crippen LogP contribution >= 0.6 is 0 Å². The summed E-state index contributed by atoms with van der Waals surface area (Å²) in [6.07, 6.45) is 5.54. The molecule has 0 aliphatic heterocycles. The summed E-state index contributed by atoms with van der Waals surface area (Å²) < 4.78 is 0. The molecule has 102 valence electrons. The standard InChI is InChI=1S/C15H17N5/c1-9-5-12-13(8-17-9)14(16)3-4-15(12)20-10(2)11-6-18-19-7-11/h3-8,10,20H,16H2,1-2H3,(H,18,19). The van der Waals surface area contributed by atoms with E-state index in [2.05, 4.69) is 33.5 Å². The highest BCUT2D eigenvalue weighted by atomic mass is 15.1. The molecule has 0 saturated heterocycles. The Kier molecular flexibility index (Phi) is 3.02. The molecule has 1 aromatic carbocycles. The lowest BCUT2D eigenvalue weighted by Crippen LogP contribution is -2.06. The quantitative estimate of drug-likeness (QED) is 0.637. The Bertz CT molecular complexity index is 733. The van der Waals surface area contributed by atoms with E-state index < -0.39 is 0 Å². The van der Waals surface area contributed by atoms with Crippen molar-refractivity contribution < 1.29 is 0 Å². The molecule has 1 unspecified atom stereocenters. The number of nitrogens with one attached hydrogen (secondary N) is 2. The first-order valence-corrected chi connectivity index (χ1v) is 6.55. The summed E-state index contributed by atoms with van der Waals surface area (Å²) >= 11 is 0. The molecule has 1 atom stereocenters. The van der Waals surface area contributed by atoms with Gasteiger partial charge in [-0.25, -0.2) is 0 Å². The van der Waals surface area contributed by atoms with Gasteiger partial charge in [-0.3, -0.25) is 10.1 Å². The van der Waals surface area contributed by atoms with Crippen molar-refractivity contribution in [3.05, 3.63) is 48.0 Å². The first-order chi connectivity index (χ1) is 9.65. The van der Waals surface area contributed by atoms with Crippen molar-refractivity contribution in [2.24, 2.45) is 0 Å². The molecule has 0 bridgehead atoms. The lowest BCUT2D eigenvalue weighted by atomic mass is 10.1. The summed E-state index contributed by atoms with van der Waals surface area (Å²) in [6, 6.07) is 6.13. The van der Waals surface area contributed by atoms with E-state index in [4.69, 9.17) is 5.73 Å². The van der Waals surface area contributed by atoms with Gasteiger partial charge in [0.15, 0.2) is 0 Å². The number of nitrogen functional groups attached to an aromatic ring is 1. The molecule has 20 heavy (non-hydrogen) atoms. The number of aromatic nitrogens is 3. The minimum Gasteiger partial charge on any atom is -0.398 e. The molecular formula is C15H17N5. The minimum absolute atomic E-state index is 0.161. The van der Waals surface area contributed by atoms with E-state index in [0.717, 1.165) is 33.4 Å². The molecule has 5 heteroatoms. The van der Waals surface area contributed by atoms with Gasteiger partial charge >= 0.3 is 0 Å². The Morgan fingerprint density at radius 3 is 2.85 bits per heavy atom. The average Bonchev–Trinajstić information content (AvgIpc) is 2.96. The van der Waals surface area contributed by atoms with E-state index in [1.165, 1.54) is 0 Å². The van der Waals surface area contributed by atoms with Crippen molar-refractivity contribution in [2.45, 2.75) is 19.9 Å². The molecule has 0 fully saturated rings. The van der Waals surface area contributed by atoms with Crippen LogP contribution in [0.4, 0.5) is 11.4 Å². The van der Waals surface area contributed by atoms with Gasteiger partial charge in [0.25, 0.3) is 0 Å². The van der Waals surface area contributed by atoms with Gasteiger partial charge in [-0.15, -0.1) is 0 Å². The molecular weight excluding hydrogens is 250 g/mol. The van der Waals surface area contributed by atoms with Gasteiger partial charge in [0, 0.05) is 45.8 Å². The van der Waals surface area contributed by atoms with Gasteiger partial charge in [-0.1, -0.05) is 0 Å². The number of aryl methyl sites for hydroxylation is 1. The Morgan fingerprint density at radius 2 is 2.10 bits per heavy atom. The summed E-state index contributed by atoms with van der Waals surface area (Å²) in [4.78, 5) is 4.32. The van der Waals surface area contributed by atoms with Gasteiger partial charge in [0.1, 0.15) is 0 Å². The molecule has 4 N–H and O–H groups in total. The molecule has 0 aliphatic rings. The van der Waals surface area contributed by atoms with Gasteiger partial charge in [0.05, 0.1) is 12.2 Å². The van der Waals surface area contributed by atoms with Crippen molar-refractivity contribution >= 4 is 22.1 Å². The normalized spacial score (nSPS) is 12.5. The molecule has 3 aromatic rings. The topological polar surface area (TPSA) is 79.6 Å². The van der Waals surface area contributed by atoms with Gasteiger partial charge in [-0.05, 0) is 32.0 Å². The third-order valence-electron chi connectivity index (χ3n) is 3.46. The molecule has 0 amide bonds. The van der Waals surface area contributed by atoms with Crippen LogP contribution in [0, 0.1) is 6.92 Å². The molecule has 2 heterocycles. The van der Waals surface area contributed by atoms with Crippen LogP contribution in [-0.2, 0) is 0 Å². The summed E-state index contributed by atoms with van der Waals surface area (Å²) in [5, 5.41) is 12.4. The van der Waals surface area contributed by atoms with Crippen molar-refractivity contribution in [3.8, 4) is 0 Å². The van der Waals surface area contributed by atoms with Crippen molar-refractivity contribution in [3.63, 3.8) is 0 Å². The lowest BCUT2D eigenvalue weighted by Gasteiger charge is -2.16. The van der Waals surface area contributed by atoms with E-state index >= 15 is 0 Å². The summed E-state index contributed by atoms with van der Waals surface area (Å²) in [6.45, 7) is 4.08. The number of rotatable bonds is 3. The fraction of sp³-hybridized carbons (Fsp3) is 0.200. The van der Waals surface area contributed by atoms with Crippen LogP contribution in [0.25, 0.3) is 10.8 Å². The fourth-order valence-electron chi connectivity index (χ4n) is 2.31. The number of aromatic amines is 1. The summed E-state index contributed by atoms with van der Waals surface area (Å²) in [5.41, 5.74) is 9.90. The first-order valence-electron chi connectivity index (χ1n) is 6.55. The predicted octanol–water partition coefficient (Wildman–Crippen LogP) is 3.02. The molecule has 0 saturated carbocycles. The third kappa shape index (κ3) is 2.18. The number of hydrogen-bond donors (Lipinski definition) is 3. The minimum atomic E-state index is 0.161. The number of pyridine rings is 1. The fourth-order valence-corrected chi connectivity index (χ4v) is 2.31. The molecule has 0 aliphatic carbocycles. The Labute approximate surface area is 117 Å². The zero-order valence-corrected chi connectivity index (χ0v) is 11.5. The zero-order chi connectivity index (χ0) is 14.1. The highest BCUT2D eigenvalue weighted by Gasteiger charge is 2.10. The second-order valence-corrected chi connectivity index (χ2v) is 4.97. The van der Waals surface area contributed by atoms with E-state index in [1.54, 1.807) is 0 Å². The number of hydrogen-bond acceptors (Lipinski definition) is 4. The highest BCUT2D eigenvalue weighted by Crippen LogP contribution is 2.30. The molecule has 0 spiro atoms. The SMILES string of the molecule is Cc1cc2c(NC(C)c3cn[nH]c3)ccc(N)c2cn1. The van der Waals surface area contributed by atoms with Gasteiger partial charge in [-0.2, -0.15) is 5.10 Å². The molecule has 0 radical (unpaired) electrons. The zero-order valence-electron chi connectivity index (χ0n) is 11.5. The monoisotopic (exact) mass is 267 g/mol. The maximum Gasteiger partial charge on any atom is 0.0539 e. The molecule has 5 nitrogen and oxygen atoms in total. The second kappa shape index (κ2) is 4.85. The summed E-state index contributed by atoms with van der Waals surface area (Å²) in [5.74, 6) is 0. The third-order valence-corrected chi connectivity index (χ3v) is 3.46. The van der Waals surface area contributed by atoms with E-state index in [-0.39, 0.29) is 6.04 Å². The molecule has 3 rings (SSSR count). The van der Waals surface area contributed by atoms with E-state index in [1.807, 2.05) is 37.6 Å². The second-order valence-electron chi connectivity index (χ2n) is 4.97. The Morgan fingerprint density at radius 1 is 1.25 bits per heavy atom. The smallest absolute Gasteiger partial charge is 0.0539 e. The van der Waals surface area contributed by atoms with E-state index in [0.29, 0.717) is 0 Å². The van der Waals surface area contributed by atoms with Crippen LogP contribution in [0.2, 0.25) is 0 Å². The number of nitrogens with two attached hydrogens (primary N) is 1. The van der Waals surface area contributed by atoms with Crippen LogP contribution in [0.15, 0.2) is 36.8 Å². The largest absolute Gasteiger partial charge is 0.398 e. The number of benzene rings is 1. The van der Waals surface area contributed by atoms with Crippen molar-refractivity contribution in [1.82, 2.24) is 15.2 Å². The van der Waals surface area contributed by atoms with Crippen LogP contribution < -0.4 is 11.1 Å². The van der Waals surface area contributed by atoms with Crippen molar-refractivity contribution in [2.75, 3.05) is 11.1 Å². The lowest BCUT2D eigenvalue weighted by molar-refractivity contribution is 0.888. The Hall–Kier alpha value is -2.56. The van der Waals surface area contributed by atoms with Crippen molar-refractivity contribution in [1.29, 1.82) is 0 Å². The first kappa shape index (κ1) is 12.5. The van der Waals surface area contributed by atoms with Crippen LogP contribution in [-0.4, -0.2) is 15.2 Å². The number of anilines is 2. The number of nitrogens with zero attached hydrogens (tertiary/aromatic N) is 2. The Balaban J connectivity index is 2.03. The molecule has 2 aromatic heterocycles. The van der Waals surface area contributed by atoms with Crippen LogP contribution in [0.5, 0.6) is 0 Å². The highest BCUT2D eigenvalue weighted by molar-refractivity contribution is 6.00. The number of fused-ring (bicyclic) bond motifs is 1. The number of H-pyrrole nitrogens is 1. The van der Waals surface area contributed by atoms with E-state index in [9.17, 15) is 0 Å².